The third kappa shape index (κ3) is 3.90. The van der Waals surface area contributed by atoms with Crippen LogP contribution in [0.25, 0.3) is 10.2 Å². The molecule has 3 aromatic rings. The smallest absolute Gasteiger partial charge is 0.345 e. The average Bonchev–Trinajstić information content (AvgIpc) is 3.32. The number of hydrogen-bond acceptors (Lipinski definition) is 7. The molecule has 2 aromatic heterocycles. The fraction of sp³-hybridized carbons (Fsp3) is 0.368. The number of carbonyl (C=O) groups is 2. The normalized spacial score (nSPS) is 18.1. The minimum atomic E-state index is -4.44. The molecule has 2 aliphatic rings. The first kappa shape index (κ1) is 20.3. The molecule has 7 nitrogen and oxygen atoms in total. The van der Waals surface area contributed by atoms with Gasteiger partial charge in [-0.3, -0.25) is 14.5 Å². The van der Waals surface area contributed by atoms with E-state index in [0.29, 0.717) is 35.9 Å². The number of rotatable bonds is 4. The van der Waals surface area contributed by atoms with Gasteiger partial charge < -0.3 is 10.2 Å². The Hall–Kier alpha value is -2.57. The molecule has 0 aliphatic carbocycles. The van der Waals surface area contributed by atoms with Crippen LogP contribution in [0.2, 0.25) is 0 Å². The number of aromatic nitrogens is 2. The lowest BCUT2D eigenvalue weighted by Crippen LogP contribution is -2.70. The molecule has 4 heterocycles. The van der Waals surface area contributed by atoms with E-state index in [0.717, 1.165) is 23.5 Å². The molecule has 0 bridgehead atoms. The van der Waals surface area contributed by atoms with E-state index in [2.05, 4.69) is 20.2 Å². The molecule has 0 saturated carbocycles. The third-order valence-electron chi connectivity index (χ3n) is 5.44. The zero-order chi connectivity index (χ0) is 21.8. The minimum Gasteiger partial charge on any atom is -0.345 e. The van der Waals surface area contributed by atoms with Crippen LogP contribution in [0, 0.1) is 0 Å². The van der Waals surface area contributed by atoms with Gasteiger partial charge >= 0.3 is 6.18 Å². The molecule has 162 valence electrons. The number of fused-ring (bicyclic) bond motifs is 1. The number of likely N-dealkylation sites (tertiary alicyclic amines) is 2. The molecule has 1 N–H and O–H groups in total. The van der Waals surface area contributed by atoms with Crippen molar-refractivity contribution in [3.8, 4) is 0 Å². The van der Waals surface area contributed by atoms with Gasteiger partial charge in [-0.05, 0) is 18.2 Å². The van der Waals surface area contributed by atoms with Crippen molar-refractivity contribution in [1.82, 2.24) is 25.1 Å². The second-order valence-electron chi connectivity index (χ2n) is 7.52. The van der Waals surface area contributed by atoms with Crippen LogP contribution in [-0.2, 0) is 6.18 Å². The van der Waals surface area contributed by atoms with Gasteiger partial charge in [-0.25, -0.2) is 9.97 Å². The first-order chi connectivity index (χ1) is 14.8. The van der Waals surface area contributed by atoms with E-state index in [4.69, 9.17) is 0 Å². The van der Waals surface area contributed by atoms with E-state index in [1.54, 1.807) is 16.5 Å². The molecule has 2 aliphatic heterocycles. The van der Waals surface area contributed by atoms with Crippen molar-refractivity contribution in [2.75, 3.05) is 26.2 Å². The maximum Gasteiger partial charge on any atom is 0.416 e. The Bertz CT molecular complexity index is 1140. The average molecular weight is 467 g/mol. The monoisotopic (exact) mass is 467 g/mol. The number of nitrogens with zero attached hydrogens (tertiary/aromatic N) is 4. The van der Waals surface area contributed by atoms with Gasteiger partial charge in [0.15, 0.2) is 10.0 Å². The summed E-state index contributed by atoms with van der Waals surface area (Å²) in [5.41, 5.74) is -0.593. The number of thiazole rings is 2. The summed E-state index contributed by atoms with van der Waals surface area (Å²) in [6.45, 7) is 2.50. The van der Waals surface area contributed by atoms with E-state index in [-0.39, 0.29) is 34.4 Å². The summed E-state index contributed by atoms with van der Waals surface area (Å²) in [4.78, 5) is 36.6. The quantitative estimate of drug-likeness (QED) is 0.639. The molecule has 2 fully saturated rings. The SMILES string of the molecule is O=C(NC1CN(C2CN(C(=O)c3nc4cc(C(F)(F)F)ccc4s3)C2)C1)c1nccs1. The molecule has 0 unspecified atom stereocenters. The van der Waals surface area contributed by atoms with Crippen LogP contribution >= 0.6 is 22.7 Å². The molecular formula is C19H16F3N5O2S2. The van der Waals surface area contributed by atoms with Crippen LogP contribution in [0.15, 0.2) is 29.8 Å². The number of carbonyl (C=O) groups excluding carboxylic acids is 2. The van der Waals surface area contributed by atoms with Gasteiger partial charge in [0.1, 0.15) is 0 Å². The lowest BCUT2D eigenvalue weighted by molar-refractivity contribution is -0.137. The highest BCUT2D eigenvalue weighted by Crippen LogP contribution is 2.33. The van der Waals surface area contributed by atoms with Crippen LogP contribution in [0.1, 0.15) is 25.2 Å². The van der Waals surface area contributed by atoms with E-state index in [1.165, 1.54) is 17.4 Å². The second kappa shape index (κ2) is 7.53. The van der Waals surface area contributed by atoms with Crippen molar-refractivity contribution in [3.05, 3.63) is 45.4 Å². The van der Waals surface area contributed by atoms with Crippen molar-refractivity contribution >= 4 is 44.7 Å². The first-order valence-electron chi connectivity index (χ1n) is 9.49. The van der Waals surface area contributed by atoms with Gasteiger partial charge in [-0.15, -0.1) is 22.7 Å². The lowest BCUT2D eigenvalue weighted by Gasteiger charge is -2.51. The van der Waals surface area contributed by atoms with E-state index in [9.17, 15) is 22.8 Å². The van der Waals surface area contributed by atoms with Crippen LogP contribution < -0.4 is 5.32 Å². The number of nitrogens with one attached hydrogen (secondary N) is 1. The maximum atomic E-state index is 12.9. The molecule has 2 saturated heterocycles. The van der Waals surface area contributed by atoms with Crippen molar-refractivity contribution in [2.45, 2.75) is 18.3 Å². The third-order valence-corrected chi connectivity index (χ3v) is 7.23. The van der Waals surface area contributed by atoms with Gasteiger partial charge in [0, 0.05) is 43.8 Å². The van der Waals surface area contributed by atoms with Crippen LogP contribution in [0.5, 0.6) is 0 Å². The topological polar surface area (TPSA) is 78.4 Å². The predicted octanol–water partition coefficient (Wildman–Crippen LogP) is 2.71. The Morgan fingerprint density at radius 2 is 1.90 bits per heavy atom. The summed E-state index contributed by atoms with van der Waals surface area (Å²) in [6.07, 6.45) is -2.85. The lowest BCUT2D eigenvalue weighted by atomic mass is 9.99. The number of amides is 2. The van der Waals surface area contributed by atoms with Crippen molar-refractivity contribution in [2.24, 2.45) is 0 Å². The molecule has 0 atom stereocenters. The predicted molar refractivity (Wildman–Crippen MR) is 109 cm³/mol. The van der Waals surface area contributed by atoms with Gasteiger partial charge in [0.25, 0.3) is 11.8 Å². The molecule has 1 aromatic carbocycles. The van der Waals surface area contributed by atoms with Crippen molar-refractivity contribution in [1.29, 1.82) is 0 Å². The summed E-state index contributed by atoms with van der Waals surface area (Å²) in [6, 6.07) is 3.60. The Balaban J connectivity index is 1.14. The summed E-state index contributed by atoms with van der Waals surface area (Å²) >= 11 is 2.40. The molecule has 12 heteroatoms. The highest BCUT2D eigenvalue weighted by Gasteiger charge is 2.42. The number of hydrogen-bond donors (Lipinski definition) is 1. The van der Waals surface area contributed by atoms with E-state index >= 15 is 0 Å². The number of benzene rings is 1. The Morgan fingerprint density at radius 3 is 2.58 bits per heavy atom. The molecule has 31 heavy (non-hydrogen) atoms. The van der Waals surface area contributed by atoms with Crippen LogP contribution in [0.4, 0.5) is 13.2 Å². The molecular weight excluding hydrogens is 451 g/mol. The summed E-state index contributed by atoms with van der Waals surface area (Å²) in [5, 5.41) is 5.33. The van der Waals surface area contributed by atoms with Gasteiger partial charge in [-0.1, -0.05) is 0 Å². The highest BCUT2D eigenvalue weighted by molar-refractivity contribution is 7.20. The van der Waals surface area contributed by atoms with E-state index < -0.39 is 11.7 Å². The van der Waals surface area contributed by atoms with Crippen molar-refractivity contribution in [3.63, 3.8) is 0 Å². The summed E-state index contributed by atoms with van der Waals surface area (Å²) in [7, 11) is 0. The zero-order valence-corrected chi connectivity index (χ0v) is 17.6. The number of halogens is 3. The van der Waals surface area contributed by atoms with Crippen molar-refractivity contribution < 1.29 is 22.8 Å². The zero-order valence-electron chi connectivity index (χ0n) is 15.9. The molecule has 0 spiro atoms. The Labute approximate surface area is 182 Å². The van der Waals surface area contributed by atoms with E-state index in [1.807, 2.05) is 0 Å². The standard InChI is InChI=1S/C19H16F3N5O2S2/c20-19(21,22)10-1-2-14-13(5-10)25-17(31-14)18(29)27-8-12(9-27)26-6-11(7-26)24-15(28)16-23-3-4-30-16/h1-5,11-12H,6-9H2,(H,24,28). The summed E-state index contributed by atoms with van der Waals surface area (Å²) in [5.74, 6) is -0.435. The molecule has 5 rings (SSSR count). The van der Waals surface area contributed by atoms with Crippen LogP contribution in [-0.4, -0.2) is 69.8 Å². The largest absolute Gasteiger partial charge is 0.416 e. The first-order valence-corrected chi connectivity index (χ1v) is 11.2. The van der Waals surface area contributed by atoms with Gasteiger partial charge in [0.2, 0.25) is 0 Å². The summed E-state index contributed by atoms with van der Waals surface area (Å²) < 4.78 is 39.2. The fourth-order valence-corrected chi connectivity index (χ4v) is 5.12. The molecule has 0 radical (unpaired) electrons. The van der Waals surface area contributed by atoms with Crippen LogP contribution in [0.3, 0.4) is 0 Å². The highest BCUT2D eigenvalue weighted by atomic mass is 32.1. The minimum absolute atomic E-state index is 0.0632. The second-order valence-corrected chi connectivity index (χ2v) is 9.45. The maximum absolute atomic E-state index is 12.9. The number of alkyl halides is 3. The fourth-order valence-electron chi connectivity index (χ4n) is 3.67. The Morgan fingerprint density at radius 1 is 1.13 bits per heavy atom. The van der Waals surface area contributed by atoms with Gasteiger partial charge in [0.05, 0.1) is 21.8 Å². The Kier molecular flexibility index (Phi) is 4.94. The molecule has 2 amide bonds. The van der Waals surface area contributed by atoms with Gasteiger partial charge in [-0.2, -0.15) is 13.2 Å².